The maximum atomic E-state index is 12.7. The van der Waals surface area contributed by atoms with Crippen LogP contribution in [0.4, 0.5) is 0 Å². The Labute approximate surface area is 132 Å². The minimum Gasteiger partial charge on any atom is -0.480 e. The third-order valence-corrected chi connectivity index (χ3v) is 5.42. The van der Waals surface area contributed by atoms with Crippen LogP contribution in [0.25, 0.3) is 0 Å². The molecule has 0 spiro atoms. The molecule has 3 rings (SSSR count). The van der Waals surface area contributed by atoms with Crippen LogP contribution in [0.5, 0.6) is 5.75 Å². The number of amides is 1. The van der Waals surface area contributed by atoms with Gasteiger partial charge in [-0.3, -0.25) is 9.48 Å². The van der Waals surface area contributed by atoms with Crippen molar-refractivity contribution in [3.63, 3.8) is 0 Å². The van der Waals surface area contributed by atoms with Gasteiger partial charge in [-0.2, -0.15) is 5.10 Å². The van der Waals surface area contributed by atoms with Gasteiger partial charge in [0.1, 0.15) is 5.69 Å². The molecule has 0 aromatic carbocycles. The van der Waals surface area contributed by atoms with E-state index in [4.69, 9.17) is 4.74 Å². The number of hydrogen-bond donors (Lipinski definition) is 0. The first-order valence-corrected chi connectivity index (χ1v) is 8.43. The predicted molar refractivity (Wildman–Crippen MR) is 84.8 cm³/mol. The van der Waals surface area contributed by atoms with Gasteiger partial charge < -0.3 is 9.64 Å². The molecule has 22 heavy (non-hydrogen) atoms. The van der Waals surface area contributed by atoms with E-state index in [0.717, 1.165) is 30.0 Å². The summed E-state index contributed by atoms with van der Waals surface area (Å²) in [5.74, 6) is 1.59. The van der Waals surface area contributed by atoms with Crippen LogP contribution in [0.15, 0.2) is 0 Å². The van der Waals surface area contributed by atoms with E-state index in [1.165, 1.54) is 19.3 Å². The molecule has 2 heterocycles. The Kier molecular flexibility index (Phi) is 4.15. The molecule has 0 unspecified atom stereocenters. The van der Waals surface area contributed by atoms with Crippen LogP contribution in [0.3, 0.4) is 0 Å². The molecule has 1 aliphatic carbocycles. The zero-order chi connectivity index (χ0) is 15.9. The van der Waals surface area contributed by atoms with E-state index >= 15 is 0 Å². The summed E-state index contributed by atoms with van der Waals surface area (Å²) in [5, 5.41) is 4.33. The average molecular weight is 305 g/mol. The highest BCUT2D eigenvalue weighted by Crippen LogP contribution is 2.39. The second-order valence-electron chi connectivity index (χ2n) is 6.91. The number of aryl methyl sites for hydroxylation is 2. The summed E-state index contributed by atoms with van der Waals surface area (Å²) in [7, 11) is 1.90. The van der Waals surface area contributed by atoms with Gasteiger partial charge in [-0.25, -0.2) is 0 Å². The normalized spacial score (nSPS) is 27.8. The molecule has 5 nitrogen and oxygen atoms in total. The summed E-state index contributed by atoms with van der Waals surface area (Å²) in [6.45, 7) is 6.19. The number of aromatic nitrogens is 2. The molecule has 2 fully saturated rings. The molecule has 122 valence electrons. The Balaban J connectivity index is 1.66. The predicted octanol–water partition coefficient (Wildman–Crippen LogP) is 2.60. The van der Waals surface area contributed by atoms with Crippen molar-refractivity contribution in [2.45, 2.75) is 65.0 Å². The number of rotatable bonds is 3. The number of carbonyl (C=O) groups excluding carboxylic acids is 1. The van der Waals surface area contributed by atoms with Crippen LogP contribution in [-0.2, 0) is 11.8 Å². The Bertz CT molecular complexity index is 566. The second-order valence-corrected chi connectivity index (χ2v) is 6.91. The van der Waals surface area contributed by atoms with Crippen molar-refractivity contribution < 1.29 is 9.53 Å². The third kappa shape index (κ3) is 2.61. The molecular weight excluding hydrogens is 278 g/mol. The molecule has 5 heteroatoms. The van der Waals surface area contributed by atoms with Crippen molar-refractivity contribution >= 4 is 5.91 Å². The fourth-order valence-electron chi connectivity index (χ4n) is 4.31. The minimum atomic E-state index is 0.126. The van der Waals surface area contributed by atoms with E-state index in [2.05, 4.69) is 16.9 Å². The maximum Gasteiger partial charge on any atom is 0.261 e. The van der Waals surface area contributed by atoms with Crippen molar-refractivity contribution in [3.8, 4) is 5.75 Å². The molecule has 0 N–H and O–H groups in total. The summed E-state index contributed by atoms with van der Waals surface area (Å²) in [6.07, 6.45) is 6.16. The number of carbonyl (C=O) groups is 1. The van der Waals surface area contributed by atoms with Gasteiger partial charge in [0, 0.05) is 19.1 Å². The van der Waals surface area contributed by atoms with Crippen LogP contribution in [-0.4, -0.2) is 39.3 Å². The SMILES string of the molecule is Cc1nn(C)c(C)c1OCC(=O)N1[C@H](C)C[C@H]2CCCC[C@@H]21. The lowest BCUT2D eigenvalue weighted by Crippen LogP contribution is -2.44. The minimum absolute atomic E-state index is 0.126. The molecule has 0 radical (unpaired) electrons. The summed E-state index contributed by atoms with van der Waals surface area (Å²) in [5.41, 5.74) is 1.81. The number of hydrogen-bond acceptors (Lipinski definition) is 3. The number of fused-ring (bicyclic) bond motifs is 1. The zero-order valence-corrected chi connectivity index (χ0v) is 14.1. The smallest absolute Gasteiger partial charge is 0.261 e. The van der Waals surface area contributed by atoms with Crippen molar-refractivity contribution in [2.24, 2.45) is 13.0 Å². The van der Waals surface area contributed by atoms with Crippen molar-refractivity contribution in [1.29, 1.82) is 0 Å². The van der Waals surface area contributed by atoms with Gasteiger partial charge in [0.05, 0.1) is 5.69 Å². The van der Waals surface area contributed by atoms with E-state index in [1.54, 1.807) is 4.68 Å². The molecule has 1 aromatic heterocycles. The average Bonchev–Trinajstić information content (AvgIpc) is 2.93. The lowest BCUT2D eigenvalue weighted by Gasteiger charge is -2.33. The number of ether oxygens (including phenoxy) is 1. The van der Waals surface area contributed by atoms with Crippen LogP contribution >= 0.6 is 0 Å². The molecule has 3 atom stereocenters. The Hall–Kier alpha value is -1.52. The molecule has 1 saturated heterocycles. The van der Waals surface area contributed by atoms with Gasteiger partial charge in [-0.1, -0.05) is 12.8 Å². The van der Waals surface area contributed by atoms with Crippen LogP contribution in [0, 0.1) is 19.8 Å². The van der Waals surface area contributed by atoms with E-state index < -0.39 is 0 Å². The molecule has 1 saturated carbocycles. The van der Waals surface area contributed by atoms with Gasteiger partial charge in [-0.15, -0.1) is 0 Å². The highest BCUT2D eigenvalue weighted by Gasteiger charge is 2.42. The fourth-order valence-corrected chi connectivity index (χ4v) is 4.31. The molecule has 0 bridgehead atoms. The van der Waals surface area contributed by atoms with Gasteiger partial charge in [0.15, 0.2) is 12.4 Å². The highest BCUT2D eigenvalue weighted by molar-refractivity contribution is 5.79. The second kappa shape index (κ2) is 5.94. The van der Waals surface area contributed by atoms with Crippen LogP contribution in [0.1, 0.15) is 50.4 Å². The first kappa shape index (κ1) is 15.4. The Morgan fingerprint density at radius 2 is 2.05 bits per heavy atom. The fraction of sp³-hybridized carbons (Fsp3) is 0.765. The highest BCUT2D eigenvalue weighted by atomic mass is 16.5. The molecule has 2 aliphatic rings. The first-order valence-electron chi connectivity index (χ1n) is 8.43. The standard InChI is InChI=1S/C17H27N3O2/c1-11-9-14-7-5-6-8-15(14)20(11)16(21)10-22-17-12(2)18-19(4)13(17)3/h11,14-15H,5-10H2,1-4H3/t11-,14-,15+/m1/s1. The van der Waals surface area contributed by atoms with Crippen molar-refractivity contribution in [1.82, 2.24) is 14.7 Å². The third-order valence-electron chi connectivity index (χ3n) is 5.42. The van der Waals surface area contributed by atoms with E-state index in [0.29, 0.717) is 18.0 Å². The van der Waals surface area contributed by atoms with Crippen molar-refractivity contribution in [2.75, 3.05) is 6.61 Å². The van der Waals surface area contributed by atoms with Crippen LogP contribution < -0.4 is 4.74 Å². The lowest BCUT2D eigenvalue weighted by molar-refractivity contribution is -0.136. The summed E-state index contributed by atoms with van der Waals surface area (Å²) in [4.78, 5) is 14.8. The number of likely N-dealkylation sites (tertiary alicyclic amines) is 1. The van der Waals surface area contributed by atoms with Gasteiger partial charge >= 0.3 is 0 Å². The summed E-state index contributed by atoms with van der Waals surface area (Å²) < 4.78 is 7.61. The van der Waals surface area contributed by atoms with Crippen LogP contribution in [0.2, 0.25) is 0 Å². The zero-order valence-electron chi connectivity index (χ0n) is 14.1. The van der Waals surface area contributed by atoms with Gasteiger partial charge in [-0.05, 0) is 46.0 Å². The summed E-state index contributed by atoms with van der Waals surface area (Å²) >= 11 is 0. The first-order chi connectivity index (χ1) is 10.5. The van der Waals surface area contributed by atoms with Gasteiger partial charge in [0.2, 0.25) is 0 Å². The lowest BCUT2D eigenvalue weighted by atomic mass is 9.85. The van der Waals surface area contributed by atoms with E-state index in [1.807, 2.05) is 20.9 Å². The maximum absolute atomic E-state index is 12.7. The molecular formula is C17H27N3O2. The molecule has 1 aromatic rings. The topological polar surface area (TPSA) is 47.4 Å². The Morgan fingerprint density at radius 1 is 1.32 bits per heavy atom. The van der Waals surface area contributed by atoms with Crippen molar-refractivity contribution in [3.05, 3.63) is 11.4 Å². The summed E-state index contributed by atoms with van der Waals surface area (Å²) in [6, 6.07) is 0.788. The van der Waals surface area contributed by atoms with E-state index in [-0.39, 0.29) is 12.5 Å². The molecule has 1 amide bonds. The molecule has 1 aliphatic heterocycles. The van der Waals surface area contributed by atoms with E-state index in [9.17, 15) is 4.79 Å². The largest absolute Gasteiger partial charge is 0.480 e. The monoisotopic (exact) mass is 305 g/mol. The Morgan fingerprint density at radius 3 is 2.73 bits per heavy atom. The number of nitrogens with zero attached hydrogens (tertiary/aromatic N) is 3. The van der Waals surface area contributed by atoms with Gasteiger partial charge in [0.25, 0.3) is 5.91 Å². The quantitative estimate of drug-likeness (QED) is 0.862.